The molecule has 2 fully saturated rings. The first-order valence-corrected chi connectivity index (χ1v) is 5.44. The van der Waals surface area contributed by atoms with Gasteiger partial charge in [0.2, 0.25) is 0 Å². The van der Waals surface area contributed by atoms with Crippen LogP contribution >= 0.6 is 0 Å². The highest BCUT2D eigenvalue weighted by molar-refractivity contribution is 4.87. The molecule has 0 radical (unpaired) electrons. The van der Waals surface area contributed by atoms with E-state index < -0.39 is 0 Å². The Labute approximate surface area is 81.1 Å². The third-order valence-corrected chi connectivity index (χ3v) is 3.01. The first kappa shape index (κ1) is 9.44. The van der Waals surface area contributed by atoms with E-state index in [9.17, 15) is 0 Å². The number of nitrogens with zero attached hydrogens (tertiary/aromatic N) is 2. The molecule has 1 unspecified atom stereocenters. The summed E-state index contributed by atoms with van der Waals surface area (Å²) >= 11 is 0. The Balaban J connectivity index is 1.77. The Morgan fingerprint density at radius 3 is 2.54 bits per heavy atom. The summed E-state index contributed by atoms with van der Waals surface area (Å²) in [5.41, 5.74) is 0. The first-order chi connectivity index (χ1) is 6.25. The predicted octanol–water partition coefficient (Wildman–Crippen LogP) is 0.679. The van der Waals surface area contributed by atoms with Crippen molar-refractivity contribution in [3.8, 4) is 0 Å². The minimum atomic E-state index is 0.739. The summed E-state index contributed by atoms with van der Waals surface area (Å²) < 4.78 is 0. The quantitative estimate of drug-likeness (QED) is 0.694. The molecule has 1 aliphatic heterocycles. The van der Waals surface area contributed by atoms with Gasteiger partial charge in [-0.2, -0.15) is 0 Å². The van der Waals surface area contributed by atoms with E-state index in [2.05, 4.69) is 29.4 Å². The molecular formula is C10H21N3. The van der Waals surface area contributed by atoms with Crippen LogP contribution in [0.1, 0.15) is 25.7 Å². The first-order valence-electron chi connectivity index (χ1n) is 5.44. The Morgan fingerprint density at radius 2 is 1.92 bits per heavy atom. The van der Waals surface area contributed by atoms with Crippen LogP contribution in [0.5, 0.6) is 0 Å². The van der Waals surface area contributed by atoms with Crippen molar-refractivity contribution in [1.82, 2.24) is 15.3 Å². The van der Waals surface area contributed by atoms with E-state index in [0.717, 1.165) is 12.1 Å². The van der Waals surface area contributed by atoms with Crippen molar-refractivity contribution in [3.63, 3.8) is 0 Å². The minimum Gasteiger partial charge on any atom is -0.310 e. The van der Waals surface area contributed by atoms with E-state index >= 15 is 0 Å². The van der Waals surface area contributed by atoms with E-state index in [-0.39, 0.29) is 0 Å². The molecule has 2 aliphatic rings. The van der Waals surface area contributed by atoms with Gasteiger partial charge in [0.15, 0.2) is 0 Å². The van der Waals surface area contributed by atoms with E-state index in [0.29, 0.717) is 0 Å². The van der Waals surface area contributed by atoms with Crippen LogP contribution < -0.4 is 5.32 Å². The lowest BCUT2D eigenvalue weighted by Crippen LogP contribution is -2.51. The largest absolute Gasteiger partial charge is 0.310 e. The molecule has 0 aromatic rings. The topological polar surface area (TPSA) is 18.5 Å². The molecule has 1 atom stereocenters. The van der Waals surface area contributed by atoms with Gasteiger partial charge in [0.05, 0.1) is 0 Å². The predicted molar refractivity (Wildman–Crippen MR) is 54.4 cm³/mol. The fourth-order valence-corrected chi connectivity index (χ4v) is 2.04. The molecule has 0 bridgehead atoms. The fraction of sp³-hybridized carbons (Fsp3) is 1.00. The lowest BCUT2D eigenvalue weighted by molar-refractivity contribution is -0.00482. The molecular weight excluding hydrogens is 162 g/mol. The molecule has 13 heavy (non-hydrogen) atoms. The van der Waals surface area contributed by atoms with E-state index in [4.69, 9.17) is 0 Å². The molecule has 2 rings (SSSR count). The molecule has 3 heteroatoms. The standard InChI is InChI=1S/C10H21N3/c1-12(2)13-7-3-4-10(8-13)11-9-5-6-9/h9-11H,3-8H2,1-2H3. The highest BCUT2D eigenvalue weighted by Gasteiger charge is 2.27. The van der Waals surface area contributed by atoms with E-state index in [1.165, 1.54) is 38.8 Å². The molecule has 76 valence electrons. The maximum Gasteiger partial charge on any atom is 0.0287 e. The Bertz CT molecular complexity index is 166. The summed E-state index contributed by atoms with van der Waals surface area (Å²) in [5.74, 6) is 0. The third kappa shape index (κ3) is 2.66. The van der Waals surface area contributed by atoms with Crippen molar-refractivity contribution in [1.29, 1.82) is 0 Å². The van der Waals surface area contributed by atoms with Gasteiger partial charge in [-0.05, 0) is 25.7 Å². The third-order valence-electron chi connectivity index (χ3n) is 3.01. The maximum atomic E-state index is 3.71. The normalized spacial score (nSPS) is 31.2. The number of hydrogen-bond donors (Lipinski definition) is 1. The Morgan fingerprint density at radius 1 is 1.15 bits per heavy atom. The van der Waals surface area contributed by atoms with Crippen molar-refractivity contribution in [2.75, 3.05) is 27.2 Å². The van der Waals surface area contributed by atoms with Crippen molar-refractivity contribution in [3.05, 3.63) is 0 Å². The molecule has 1 saturated carbocycles. The SMILES string of the molecule is CN(C)N1CCCC(NC2CC2)C1. The van der Waals surface area contributed by atoms with Crippen LogP contribution in [0.25, 0.3) is 0 Å². The highest BCUT2D eigenvalue weighted by Crippen LogP contribution is 2.21. The lowest BCUT2D eigenvalue weighted by Gasteiger charge is -2.37. The summed E-state index contributed by atoms with van der Waals surface area (Å²) in [6.45, 7) is 2.43. The average Bonchev–Trinajstić information content (AvgIpc) is 2.89. The second-order valence-corrected chi connectivity index (χ2v) is 4.54. The number of rotatable bonds is 3. The van der Waals surface area contributed by atoms with Crippen molar-refractivity contribution in [2.24, 2.45) is 0 Å². The van der Waals surface area contributed by atoms with Crippen LogP contribution in [0.4, 0.5) is 0 Å². The van der Waals surface area contributed by atoms with E-state index in [1.807, 2.05) is 0 Å². The molecule has 3 nitrogen and oxygen atoms in total. The van der Waals surface area contributed by atoms with Gasteiger partial charge in [-0.25, -0.2) is 10.0 Å². The second kappa shape index (κ2) is 3.95. The van der Waals surface area contributed by atoms with Crippen LogP contribution in [-0.4, -0.2) is 49.3 Å². The Hall–Kier alpha value is -0.120. The van der Waals surface area contributed by atoms with Crippen LogP contribution in [0.2, 0.25) is 0 Å². The molecule has 1 heterocycles. The molecule has 1 saturated heterocycles. The monoisotopic (exact) mass is 183 g/mol. The van der Waals surface area contributed by atoms with Gasteiger partial charge in [-0.3, -0.25) is 0 Å². The van der Waals surface area contributed by atoms with Gasteiger partial charge in [-0.1, -0.05) is 0 Å². The molecule has 0 aromatic carbocycles. The molecule has 0 aromatic heterocycles. The minimum absolute atomic E-state index is 0.739. The van der Waals surface area contributed by atoms with Crippen molar-refractivity contribution < 1.29 is 0 Å². The van der Waals surface area contributed by atoms with Gasteiger partial charge in [-0.15, -0.1) is 0 Å². The van der Waals surface area contributed by atoms with Crippen LogP contribution in [0.3, 0.4) is 0 Å². The van der Waals surface area contributed by atoms with Crippen molar-refractivity contribution in [2.45, 2.75) is 37.8 Å². The molecule has 0 spiro atoms. The maximum absolute atomic E-state index is 3.71. The van der Waals surface area contributed by atoms with Crippen LogP contribution in [-0.2, 0) is 0 Å². The zero-order chi connectivity index (χ0) is 9.26. The number of piperidine rings is 1. The van der Waals surface area contributed by atoms with Gasteiger partial charge in [0, 0.05) is 39.3 Å². The zero-order valence-electron chi connectivity index (χ0n) is 8.79. The number of hydrazine groups is 1. The Kier molecular flexibility index (Phi) is 2.86. The van der Waals surface area contributed by atoms with E-state index in [1.54, 1.807) is 0 Å². The van der Waals surface area contributed by atoms with Gasteiger partial charge < -0.3 is 5.32 Å². The van der Waals surface area contributed by atoms with Gasteiger partial charge in [0.25, 0.3) is 0 Å². The second-order valence-electron chi connectivity index (χ2n) is 4.54. The summed E-state index contributed by atoms with van der Waals surface area (Å²) in [5, 5.41) is 8.37. The average molecular weight is 183 g/mol. The summed E-state index contributed by atoms with van der Waals surface area (Å²) in [4.78, 5) is 0. The molecule has 1 N–H and O–H groups in total. The molecule has 1 aliphatic carbocycles. The zero-order valence-corrected chi connectivity index (χ0v) is 8.79. The number of hydrogen-bond acceptors (Lipinski definition) is 3. The van der Waals surface area contributed by atoms with Crippen LogP contribution in [0, 0.1) is 0 Å². The smallest absolute Gasteiger partial charge is 0.0287 e. The molecule has 0 amide bonds. The highest BCUT2D eigenvalue weighted by atomic mass is 15.6. The van der Waals surface area contributed by atoms with Gasteiger partial charge in [0.1, 0.15) is 0 Å². The summed E-state index contributed by atoms with van der Waals surface area (Å²) in [7, 11) is 4.28. The summed E-state index contributed by atoms with van der Waals surface area (Å²) in [6.07, 6.45) is 5.50. The number of nitrogens with one attached hydrogen (secondary N) is 1. The lowest BCUT2D eigenvalue weighted by atomic mass is 10.1. The van der Waals surface area contributed by atoms with Crippen molar-refractivity contribution >= 4 is 0 Å². The van der Waals surface area contributed by atoms with Gasteiger partial charge >= 0.3 is 0 Å². The summed E-state index contributed by atoms with van der Waals surface area (Å²) in [6, 6.07) is 1.59. The van der Waals surface area contributed by atoms with Crippen LogP contribution in [0.15, 0.2) is 0 Å². The fourth-order valence-electron chi connectivity index (χ4n) is 2.04.